The molecule has 0 radical (unpaired) electrons. The highest BCUT2D eigenvalue weighted by atomic mass is 32.2. The average Bonchev–Trinajstić information content (AvgIpc) is 2.74. The van der Waals surface area contributed by atoms with E-state index in [1.807, 2.05) is 44.4 Å². The van der Waals surface area contributed by atoms with Crippen molar-refractivity contribution in [1.29, 1.82) is 0 Å². The van der Waals surface area contributed by atoms with Crippen molar-refractivity contribution in [3.8, 4) is 0 Å². The van der Waals surface area contributed by atoms with E-state index >= 15 is 0 Å². The summed E-state index contributed by atoms with van der Waals surface area (Å²) in [7, 11) is 0.659. The van der Waals surface area contributed by atoms with Crippen LogP contribution in [0.25, 0.3) is 0 Å². The minimum Gasteiger partial charge on any atom is -0.379 e. The molecule has 1 heterocycles. The van der Waals surface area contributed by atoms with Crippen LogP contribution in [0, 0.1) is 0 Å². The predicted molar refractivity (Wildman–Crippen MR) is 118 cm³/mol. The molecule has 2 aromatic rings. The van der Waals surface area contributed by atoms with Crippen molar-refractivity contribution in [2.75, 3.05) is 57.6 Å². The summed E-state index contributed by atoms with van der Waals surface area (Å²) >= 11 is 0. The molecule has 0 spiro atoms. The zero-order chi connectivity index (χ0) is 20.7. The van der Waals surface area contributed by atoms with Crippen LogP contribution in [0.4, 0.5) is 5.69 Å². The van der Waals surface area contributed by atoms with E-state index in [2.05, 4.69) is 38.8 Å². The Hall–Kier alpha value is -1.93. The second-order valence-corrected chi connectivity index (χ2v) is 9.48. The van der Waals surface area contributed by atoms with Gasteiger partial charge in [-0.25, -0.2) is 13.1 Å². The Morgan fingerprint density at radius 2 is 1.69 bits per heavy atom. The molecule has 0 amide bonds. The third kappa shape index (κ3) is 6.54. The molecule has 1 fully saturated rings. The van der Waals surface area contributed by atoms with Crippen LogP contribution in [0.1, 0.15) is 17.2 Å². The first kappa shape index (κ1) is 21.8. The highest BCUT2D eigenvalue weighted by Crippen LogP contribution is 2.24. The molecule has 1 aliphatic rings. The van der Waals surface area contributed by atoms with E-state index in [0.717, 1.165) is 29.9 Å². The third-order valence-electron chi connectivity index (χ3n) is 5.28. The predicted octanol–water partition coefficient (Wildman–Crippen LogP) is 2.29. The van der Waals surface area contributed by atoms with E-state index in [1.54, 1.807) is 0 Å². The third-order valence-corrected chi connectivity index (χ3v) is 6.63. The Balaban J connectivity index is 1.67. The zero-order valence-corrected chi connectivity index (χ0v) is 18.1. The van der Waals surface area contributed by atoms with Gasteiger partial charge in [-0.05, 0) is 29.7 Å². The quantitative estimate of drug-likeness (QED) is 0.678. The van der Waals surface area contributed by atoms with Crippen LogP contribution in [-0.2, 0) is 21.2 Å². The van der Waals surface area contributed by atoms with Gasteiger partial charge in [-0.3, -0.25) is 4.90 Å². The minimum atomic E-state index is -3.36. The lowest BCUT2D eigenvalue weighted by molar-refractivity contribution is 0.0172. The monoisotopic (exact) mass is 417 g/mol. The molecular weight excluding hydrogens is 386 g/mol. The molecule has 1 N–H and O–H groups in total. The summed E-state index contributed by atoms with van der Waals surface area (Å²) in [5, 5.41) is 0. The molecular formula is C22H31N3O3S. The van der Waals surface area contributed by atoms with Gasteiger partial charge in [0, 0.05) is 45.5 Å². The normalized spacial score (nSPS) is 16.5. The first-order valence-electron chi connectivity index (χ1n) is 10.0. The molecule has 1 unspecified atom stereocenters. The van der Waals surface area contributed by atoms with E-state index in [0.29, 0.717) is 26.2 Å². The second-order valence-electron chi connectivity index (χ2n) is 7.55. The van der Waals surface area contributed by atoms with Crippen LogP contribution < -0.4 is 9.62 Å². The van der Waals surface area contributed by atoms with E-state index in [4.69, 9.17) is 4.74 Å². The molecule has 1 saturated heterocycles. The van der Waals surface area contributed by atoms with Gasteiger partial charge in [-0.2, -0.15) is 0 Å². The van der Waals surface area contributed by atoms with Gasteiger partial charge >= 0.3 is 0 Å². The zero-order valence-electron chi connectivity index (χ0n) is 17.3. The molecule has 6 nitrogen and oxygen atoms in total. The Morgan fingerprint density at radius 1 is 1.03 bits per heavy atom. The lowest BCUT2D eigenvalue weighted by Gasteiger charge is -2.35. The van der Waals surface area contributed by atoms with Crippen molar-refractivity contribution < 1.29 is 13.2 Å². The number of benzene rings is 2. The molecule has 1 aliphatic heterocycles. The molecule has 29 heavy (non-hydrogen) atoms. The lowest BCUT2D eigenvalue weighted by atomic mass is 10.0. The van der Waals surface area contributed by atoms with Gasteiger partial charge in [0.15, 0.2) is 0 Å². The summed E-state index contributed by atoms with van der Waals surface area (Å²) < 4.78 is 33.5. The smallest absolute Gasteiger partial charge is 0.211 e. The number of rotatable bonds is 9. The summed E-state index contributed by atoms with van der Waals surface area (Å²) in [6, 6.07) is 18.0. The van der Waals surface area contributed by atoms with Gasteiger partial charge in [0.2, 0.25) is 10.0 Å². The number of sulfonamides is 1. The number of morpholine rings is 1. The molecule has 0 saturated carbocycles. The molecule has 2 aromatic carbocycles. The largest absolute Gasteiger partial charge is 0.379 e. The lowest BCUT2D eigenvalue weighted by Crippen LogP contribution is -2.44. The van der Waals surface area contributed by atoms with Crippen LogP contribution in [0.15, 0.2) is 54.6 Å². The van der Waals surface area contributed by atoms with Crippen LogP contribution in [0.3, 0.4) is 0 Å². The first-order chi connectivity index (χ1) is 13.9. The number of ether oxygens (including phenoxy) is 1. The Morgan fingerprint density at radius 3 is 2.31 bits per heavy atom. The maximum Gasteiger partial charge on any atom is 0.211 e. The SMILES string of the molecule is CN(C)c1ccc(C(CNS(=O)(=O)CCc2ccccc2)N2CCOCC2)cc1. The van der Waals surface area contributed by atoms with E-state index in [-0.39, 0.29) is 11.8 Å². The van der Waals surface area contributed by atoms with Crippen molar-refractivity contribution in [2.24, 2.45) is 0 Å². The number of anilines is 1. The second kappa shape index (κ2) is 10.2. The summed E-state index contributed by atoms with van der Waals surface area (Å²) in [5.74, 6) is 0.0897. The van der Waals surface area contributed by atoms with E-state index in [9.17, 15) is 8.42 Å². The fraction of sp³-hybridized carbons (Fsp3) is 0.455. The van der Waals surface area contributed by atoms with Crippen molar-refractivity contribution in [3.63, 3.8) is 0 Å². The standard InChI is InChI=1S/C22H31N3O3S/c1-24(2)21-10-8-20(9-11-21)22(25-13-15-28-16-14-25)18-23-29(26,27)17-12-19-6-4-3-5-7-19/h3-11,22-23H,12-18H2,1-2H3. The van der Waals surface area contributed by atoms with Gasteiger partial charge in [0.25, 0.3) is 0 Å². The van der Waals surface area contributed by atoms with E-state index in [1.165, 1.54) is 0 Å². The van der Waals surface area contributed by atoms with Crippen LogP contribution >= 0.6 is 0 Å². The molecule has 7 heteroatoms. The van der Waals surface area contributed by atoms with Gasteiger partial charge in [-0.15, -0.1) is 0 Å². The maximum absolute atomic E-state index is 12.6. The van der Waals surface area contributed by atoms with Gasteiger partial charge in [0.1, 0.15) is 0 Å². The summed E-state index contributed by atoms with van der Waals surface area (Å²) in [5.41, 5.74) is 3.27. The number of nitrogens with one attached hydrogen (secondary N) is 1. The highest BCUT2D eigenvalue weighted by Gasteiger charge is 2.24. The average molecular weight is 418 g/mol. The number of hydrogen-bond donors (Lipinski definition) is 1. The molecule has 1 atom stereocenters. The first-order valence-corrected chi connectivity index (χ1v) is 11.7. The highest BCUT2D eigenvalue weighted by molar-refractivity contribution is 7.89. The summed E-state index contributed by atoms with van der Waals surface area (Å²) in [6.45, 7) is 3.30. The van der Waals surface area contributed by atoms with E-state index < -0.39 is 10.0 Å². The fourth-order valence-electron chi connectivity index (χ4n) is 3.52. The van der Waals surface area contributed by atoms with Gasteiger partial charge in [0.05, 0.1) is 19.0 Å². The molecule has 0 bridgehead atoms. The number of aryl methyl sites for hydroxylation is 1. The van der Waals surface area contributed by atoms with Crippen LogP contribution in [-0.4, -0.2) is 66.0 Å². The minimum absolute atomic E-state index is 0.0124. The Bertz CT molecular complexity index is 849. The fourth-order valence-corrected chi connectivity index (χ4v) is 4.58. The van der Waals surface area contributed by atoms with Crippen molar-refractivity contribution in [3.05, 3.63) is 65.7 Å². The van der Waals surface area contributed by atoms with Crippen molar-refractivity contribution in [1.82, 2.24) is 9.62 Å². The Kier molecular flexibility index (Phi) is 7.66. The van der Waals surface area contributed by atoms with Crippen molar-refractivity contribution in [2.45, 2.75) is 12.5 Å². The van der Waals surface area contributed by atoms with Crippen LogP contribution in [0.2, 0.25) is 0 Å². The van der Waals surface area contributed by atoms with Crippen LogP contribution in [0.5, 0.6) is 0 Å². The molecule has 3 rings (SSSR count). The molecule has 0 aromatic heterocycles. The van der Waals surface area contributed by atoms with Gasteiger partial charge < -0.3 is 9.64 Å². The summed E-state index contributed by atoms with van der Waals surface area (Å²) in [6.07, 6.45) is 0.510. The number of hydrogen-bond acceptors (Lipinski definition) is 5. The van der Waals surface area contributed by atoms with Crippen molar-refractivity contribution >= 4 is 15.7 Å². The summed E-state index contributed by atoms with van der Waals surface area (Å²) in [4.78, 5) is 4.35. The maximum atomic E-state index is 12.6. The Labute approximate surface area is 174 Å². The topological polar surface area (TPSA) is 61.9 Å². The molecule has 158 valence electrons. The number of nitrogens with zero attached hydrogens (tertiary/aromatic N) is 2. The van der Waals surface area contributed by atoms with Gasteiger partial charge in [-0.1, -0.05) is 42.5 Å². The molecule has 0 aliphatic carbocycles.